The summed E-state index contributed by atoms with van der Waals surface area (Å²) in [6, 6.07) is -0.642. The molecule has 1 amide bonds. The van der Waals surface area contributed by atoms with Gasteiger partial charge in [0.1, 0.15) is 0 Å². The highest BCUT2D eigenvalue weighted by Gasteiger charge is 2.18. The van der Waals surface area contributed by atoms with E-state index in [1.165, 1.54) is 212 Å². The molecule has 0 aromatic rings. The maximum Gasteiger partial charge on any atom is 0.305 e. The molecule has 0 aromatic carbocycles. The maximum absolute atomic E-state index is 12.4. The quantitative estimate of drug-likeness (QED) is 0.0321. The Bertz CT molecular complexity index is 966. The monoisotopic (exact) mass is 874 g/mol. The number of nitrogens with one attached hydrogen (secondary N) is 1. The fourth-order valence-corrected chi connectivity index (χ4v) is 8.45. The third kappa shape index (κ3) is 47.8. The minimum absolute atomic E-state index is 0.0185. The van der Waals surface area contributed by atoms with Gasteiger partial charge < -0.3 is 20.3 Å². The number of carbonyl (C=O) groups is 2. The van der Waals surface area contributed by atoms with Crippen molar-refractivity contribution in [2.75, 3.05) is 13.2 Å². The van der Waals surface area contributed by atoms with Gasteiger partial charge in [-0.3, -0.25) is 9.59 Å². The molecule has 2 unspecified atom stereocenters. The predicted molar refractivity (Wildman–Crippen MR) is 269 cm³/mol. The second-order valence-electron chi connectivity index (χ2n) is 18.9. The number of hydrogen-bond donors (Lipinski definition) is 3. The molecule has 0 aliphatic carbocycles. The molecule has 0 radical (unpaired) electrons. The van der Waals surface area contributed by atoms with Crippen LogP contribution in [-0.2, 0) is 14.3 Å². The van der Waals surface area contributed by atoms with E-state index in [0.717, 1.165) is 57.8 Å². The van der Waals surface area contributed by atoms with Gasteiger partial charge in [0, 0.05) is 12.8 Å². The fourth-order valence-electron chi connectivity index (χ4n) is 8.45. The molecule has 0 fully saturated rings. The Morgan fingerprint density at radius 2 is 0.758 bits per heavy atom. The molecule has 0 heterocycles. The highest BCUT2D eigenvalue weighted by molar-refractivity contribution is 5.76. The smallest absolute Gasteiger partial charge is 0.305 e. The first-order valence-corrected chi connectivity index (χ1v) is 27.6. The lowest BCUT2D eigenvalue weighted by Gasteiger charge is -2.20. The summed E-state index contributed by atoms with van der Waals surface area (Å²) in [5.74, 6) is -0.104. The zero-order chi connectivity index (χ0) is 45.1. The Kier molecular flexibility index (Phi) is 50.6. The number of amides is 1. The molecular weight excluding hydrogens is 767 g/mol. The van der Waals surface area contributed by atoms with Gasteiger partial charge in [-0.05, 0) is 57.8 Å². The van der Waals surface area contributed by atoms with E-state index >= 15 is 0 Å². The number of unbranched alkanes of at least 4 members (excludes halogenated alkanes) is 38. The highest BCUT2D eigenvalue weighted by Crippen LogP contribution is 2.16. The number of allylic oxidation sites excluding steroid dienone is 3. The lowest BCUT2D eigenvalue weighted by molar-refractivity contribution is -0.143. The predicted octanol–water partition coefficient (Wildman–Crippen LogP) is 16.7. The lowest BCUT2D eigenvalue weighted by Crippen LogP contribution is -2.45. The average Bonchev–Trinajstić information content (AvgIpc) is 3.27. The minimum Gasteiger partial charge on any atom is -0.466 e. The molecule has 0 saturated carbocycles. The van der Waals surface area contributed by atoms with Crippen molar-refractivity contribution < 1.29 is 24.5 Å². The lowest BCUT2D eigenvalue weighted by atomic mass is 10.0. The zero-order valence-corrected chi connectivity index (χ0v) is 41.6. The molecule has 366 valence electrons. The molecule has 0 aliphatic heterocycles. The van der Waals surface area contributed by atoms with Crippen LogP contribution >= 0.6 is 0 Å². The molecular formula is C56H107NO5. The normalized spacial score (nSPS) is 12.8. The summed E-state index contributed by atoms with van der Waals surface area (Å²) < 4.78 is 5.47. The minimum atomic E-state index is -0.857. The van der Waals surface area contributed by atoms with Crippen molar-refractivity contribution in [2.24, 2.45) is 0 Å². The van der Waals surface area contributed by atoms with Crippen molar-refractivity contribution >= 4 is 11.9 Å². The second-order valence-corrected chi connectivity index (χ2v) is 18.9. The van der Waals surface area contributed by atoms with Gasteiger partial charge in [0.15, 0.2) is 0 Å². The van der Waals surface area contributed by atoms with Crippen molar-refractivity contribution in [2.45, 2.75) is 309 Å². The van der Waals surface area contributed by atoms with E-state index in [1.54, 1.807) is 6.08 Å². The third-order valence-corrected chi connectivity index (χ3v) is 12.7. The van der Waals surface area contributed by atoms with Crippen LogP contribution in [0.25, 0.3) is 0 Å². The van der Waals surface area contributed by atoms with Crippen LogP contribution in [-0.4, -0.2) is 47.4 Å². The van der Waals surface area contributed by atoms with Crippen LogP contribution < -0.4 is 5.32 Å². The Morgan fingerprint density at radius 1 is 0.435 bits per heavy atom. The number of aliphatic hydroxyl groups excluding tert-OH is 2. The van der Waals surface area contributed by atoms with Crippen LogP contribution in [0, 0.1) is 0 Å². The number of esters is 1. The van der Waals surface area contributed by atoms with E-state index in [2.05, 4.69) is 31.3 Å². The summed E-state index contributed by atoms with van der Waals surface area (Å²) in [4.78, 5) is 24.5. The number of rotatable bonds is 51. The van der Waals surface area contributed by atoms with Crippen LogP contribution in [0.15, 0.2) is 24.3 Å². The van der Waals surface area contributed by atoms with Gasteiger partial charge in [0.05, 0.1) is 25.4 Å². The molecule has 0 spiro atoms. The van der Waals surface area contributed by atoms with Gasteiger partial charge in [-0.15, -0.1) is 0 Å². The summed E-state index contributed by atoms with van der Waals surface area (Å²) in [7, 11) is 0. The van der Waals surface area contributed by atoms with Crippen LogP contribution in [0.1, 0.15) is 296 Å². The van der Waals surface area contributed by atoms with Crippen LogP contribution in [0.3, 0.4) is 0 Å². The van der Waals surface area contributed by atoms with Gasteiger partial charge >= 0.3 is 5.97 Å². The van der Waals surface area contributed by atoms with Gasteiger partial charge in [-0.2, -0.15) is 0 Å². The fraction of sp³-hybridized carbons (Fsp3) is 0.893. The molecule has 6 heteroatoms. The van der Waals surface area contributed by atoms with Crippen molar-refractivity contribution in [1.82, 2.24) is 5.32 Å². The molecule has 62 heavy (non-hydrogen) atoms. The highest BCUT2D eigenvalue weighted by atomic mass is 16.5. The van der Waals surface area contributed by atoms with Gasteiger partial charge in [-0.1, -0.05) is 250 Å². The van der Waals surface area contributed by atoms with Gasteiger partial charge in [-0.25, -0.2) is 0 Å². The summed E-state index contributed by atoms with van der Waals surface area (Å²) in [6.07, 6.45) is 61.8. The van der Waals surface area contributed by atoms with Gasteiger partial charge in [0.25, 0.3) is 0 Å². The van der Waals surface area contributed by atoms with E-state index < -0.39 is 12.1 Å². The van der Waals surface area contributed by atoms with Crippen molar-refractivity contribution in [3.8, 4) is 0 Å². The topological polar surface area (TPSA) is 95.9 Å². The number of ether oxygens (including phenoxy) is 1. The Balaban J connectivity index is 3.49. The van der Waals surface area contributed by atoms with E-state index in [0.29, 0.717) is 19.4 Å². The van der Waals surface area contributed by atoms with E-state index in [-0.39, 0.29) is 18.5 Å². The van der Waals surface area contributed by atoms with E-state index in [4.69, 9.17) is 4.74 Å². The molecule has 0 rings (SSSR count). The maximum atomic E-state index is 12.4. The molecule has 2 atom stereocenters. The standard InChI is InChI=1S/C56H107NO5/c1-3-5-7-9-11-13-15-17-19-21-23-25-28-32-36-40-44-48-54(59)53(52-58)57-55(60)49-45-41-37-33-29-27-31-35-39-43-47-51-62-56(61)50-46-42-38-34-30-26-24-22-20-18-16-14-12-10-8-6-4-2/h18,20,44,48,53-54,58-59H,3-17,19,21-43,45-47,49-52H2,1-2H3,(H,57,60)/b20-18-,48-44+. The molecule has 0 bridgehead atoms. The largest absolute Gasteiger partial charge is 0.466 e. The average molecular weight is 874 g/mol. The molecule has 6 nitrogen and oxygen atoms in total. The van der Waals surface area contributed by atoms with E-state index in [1.807, 2.05) is 6.08 Å². The summed E-state index contributed by atoms with van der Waals surface area (Å²) in [5.41, 5.74) is 0. The second kappa shape index (κ2) is 52.0. The Hall–Kier alpha value is -1.66. The summed E-state index contributed by atoms with van der Waals surface area (Å²) in [6.45, 7) is 4.87. The number of hydrogen-bond acceptors (Lipinski definition) is 5. The third-order valence-electron chi connectivity index (χ3n) is 12.7. The molecule has 0 aliphatic rings. The SMILES string of the molecule is CCCCCCCC/C=C\CCCCCCCCCC(=O)OCCCCCCCCCCCCCC(=O)NC(CO)C(O)/C=C/CCCCCCCCCCCCCCCCC. The molecule has 0 saturated heterocycles. The van der Waals surface area contributed by atoms with Crippen LogP contribution in [0.4, 0.5) is 0 Å². The number of carbonyl (C=O) groups excluding carboxylic acids is 2. The summed E-state index contributed by atoms with van der Waals surface area (Å²) in [5, 5.41) is 23.1. The summed E-state index contributed by atoms with van der Waals surface area (Å²) >= 11 is 0. The Morgan fingerprint density at radius 3 is 1.15 bits per heavy atom. The first-order chi connectivity index (χ1) is 30.5. The first kappa shape index (κ1) is 60.3. The van der Waals surface area contributed by atoms with Crippen molar-refractivity contribution in [1.29, 1.82) is 0 Å². The van der Waals surface area contributed by atoms with Crippen molar-refractivity contribution in [3.05, 3.63) is 24.3 Å². The first-order valence-electron chi connectivity index (χ1n) is 27.6. The van der Waals surface area contributed by atoms with Crippen LogP contribution in [0.5, 0.6) is 0 Å². The molecule has 3 N–H and O–H groups in total. The Labute approximate surface area is 386 Å². The van der Waals surface area contributed by atoms with Crippen molar-refractivity contribution in [3.63, 3.8) is 0 Å². The zero-order valence-electron chi connectivity index (χ0n) is 41.6. The van der Waals surface area contributed by atoms with E-state index in [9.17, 15) is 19.8 Å². The number of aliphatic hydroxyl groups is 2. The molecule has 0 aromatic heterocycles. The van der Waals surface area contributed by atoms with Crippen LogP contribution in [0.2, 0.25) is 0 Å². The van der Waals surface area contributed by atoms with Gasteiger partial charge in [0.2, 0.25) is 5.91 Å².